The van der Waals surface area contributed by atoms with Crippen molar-refractivity contribution in [2.45, 2.75) is 51.2 Å². The van der Waals surface area contributed by atoms with Crippen molar-refractivity contribution in [1.29, 1.82) is 0 Å². The second-order valence-corrected chi connectivity index (χ2v) is 8.58. The van der Waals surface area contributed by atoms with Gasteiger partial charge in [0.25, 0.3) is 0 Å². The minimum Gasteiger partial charge on any atom is -0.355 e. The molecule has 2 aromatic heterocycles. The summed E-state index contributed by atoms with van der Waals surface area (Å²) in [5.41, 5.74) is 1.86. The maximum atomic E-state index is 13.3. The molecule has 0 bridgehead atoms. The Bertz CT molecular complexity index is 1080. The summed E-state index contributed by atoms with van der Waals surface area (Å²) in [6.07, 6.45) is 3.31. The van der Waals surface area contributed by atoms with Gasteiger partial charge in [0.1, 0.15) is 11.6 Å². The van der Waals surface area contributed by atoms with Crippen LogP contribution in [0, 0.1) is 12.7 Å². The zero-order valence-corrected chi connectivity index (χ0v) is 18.0. The van der Waals surface area contributed by atoms with E-state index in [1.54, 1.807) is 12.1 Å². The Morgan fingerprint density at radius 1 is 1.09 bits per heavy atom. The van der Waals surface area contributed by atoms with E-state index in [0.717, 1.165) is 61.7 Å². The quantitative estimate of drug-likeness (QED) is 0.580. The summed E-state index contributed by atoms with van der Waals surface area (Å²) < 4.78 is 15.3. The number of hydrogen-bond acceptors (Lipinski definition) is 5. The number of rotatable bonds is 4. The molecular weight excluding hydrogens is 411 g/mol. The Hall–Kier alpha value is -3.43. The third-order valence-corrected chi connectivity index (χ3v) is 6.23. The highest BCUT2D eigenvalue weighted by molar-refractivity contribution is 5.74. The van der Waals surface area contributed by atoms with E-state index in [4.69, 9.17) is 0 Å². The molecular formula is C22H27FN8O. The van der Waals surface area contributed by atoms with Crippen LogP contribution in [0.2, 0.25) is 0 Å². The van der Waals surface area contributed by atoms with E-state index in [9.17, 15) is 9.18 Å². The van der Waals surface area contributed by atoms with Gasteiger partial charge in [-0.25, -0.2) is 9.18 Å². The van der Waals surface area contributed by atoms with Gasteiger partial charge < -0.3 is 20.1 Å². The first-order valence-corrected chi connectivity index (χ1v) is 11.1. The number of nitrogens with one attached hydrogen (secondary N) is 3. The summed E-state index contributed by atoms with van der Waals surface area (Å²) >= 11 is 0. The summed E-state index contributed by atoms with van der Waals surface area (Å²) in [5.74, 6) is 2.28. The van der Waals surface area contributed by atoms with Crippen molar-refractivity contribution >= 4 is 11.8 Å². The molecule has 3 N–H and O–H groups in total. The average Bonchev–Trinajstić information content (AvgIpc) is 3.41. The maximum Gasteiger partial charge on any atom is 0.315 e. The van der Waals surface area contributed by atoms with E-state index in [0.29, 0.717) is 12.4 Å². The molecule has 0 saturated carbocycles. The van der Waals surface area contributed by atoms with E-state index in [1.807, 2.05) is 17.6 Å². The number of aromatic amines is 1. The molecule has 1 unspecified atom stereocenters. The zero-order valence-electron chi connectivity index (χ0n) is 18.0. The Kier molecular flexibility index (Phi) is 5.50. The molecule has 0 radical (unpaired) electrons. The smallest absolute Gasteiger partial charge is 0.315 e. The summed E-state index contributed by atoms with van der Waals surface area (Å²) in [5, 5.41) is 22.1. The fourth-order valence-corrected chi connectivity index (χ4v) is 4.49. The van der Waals surface area contributed by atoms with E-state index in [-0.39, 0.29) is 23.9 Å². The van der Waals surface area contributed by atoms with Crippen LogP contribution in [0.4, 0.5) is 15.0 Å². The number of carbonyl (C=O) groups is 1. The van der Waals surface area contributed by atoms with Crippen LogP contribution in [0.15, 0.2) is 30.3 Å². The summed E-state index contributed by atoms with van der Waals surface area (Å²) in [6.45, 7) is 4.32. The maximum absolute atomic E-state index is 13.3. The van der Waals surface area contributed by atoms with Gasteiger partial charge in [0.05, 0.1) is 0 Å². The van der Waals surface area contributed by atoms with Crippen LogP contribution in [-0.4, -0.2) is 56.2 Å². The molecule has 0 spiro atoms. The number of fused-ring (bicyclic) bond motifs is 1. The second kappa shape index (κ2) is 8.60. The molecule has 9 nitrogen and oxygen atoms in total. The van der Waals surface area contributed by atoms with Gasteiger partial charge in [-0.1, -0.05) is 0 Å². The fourth-order valence-electron chi connectivity index (χ4n) is 4.49. The number of halogens is 1. The van der Waals surface area contributed by atoms with Crippen LogP contribution in [0.5, 0.6) is 0 Å². The third kappa shape index (κ3) is 4.30. The number of benzene rings is 1. The largest absolute Gasteiger partial charge is 0.355 e. The number of aromatic nitrogens is 5. The van der Waals surface area contributed by atoms with Gasteiger partial charge in [0.2, 0.25) is 0 Å². The van der Waals surface area contributed by atoms with Crippen molar-refractivity contribution in [2.24, 2.45) is 0 Å². The lowest BCUT2D eigenvalue weighted by atomic mass is 10.0. The van der Waals surface area contributed by atoms with E-state index < -0.39 is 0 Å². The molecule has 5 rings (SSSR count). The SMILES string of the molecule is Cc1cc(N2CCC(NC(=O)NC3CCc4nnc(-c5ccc(F)cc5)n4C3)CC2)n[nH]1. The minimum absolute atomic E-state index is 0.00943. The lowest BCUT2D eigenvalue weighted by Gasteiger charge is -2.33. The first-order valence-electron chi connectivity index (χ1n) is 11.1. The Balaban J connectivity index is 1.15. The molecule has 0 aliphatic carbocycles. The van der Waals surface area contributed by atoms with Crippen molar-refractivity contribution in [3.05, 3.63) is 47.7 Å². The monoisotopic (exact) mass is 438 g/mol. The van der Waals surface area contributed by atoms with Gasteiger partial charge >= 0.3 is 6.03 Å². The molecule has 2 aliphatic rings. The molecule has 168 valence electrons. The van der Waals surface area contributed by atoms with Crippen molar-refractivity contribution in [3.63, 3.8) is 0 Å². The van der Waals surface area contributed by atoms with E-state index in [1.165, 1.54) is 12.1 Å². The van der Waals surface area contributed by atoms with Crippen LogP contribution >= 0.6 is 0 Å². The highest BCUT2D eigenvalue weighted by atomic mass is 19.1. The topological polar surface area (TPSA) is 104 Å². The van der Waals surface area contributed by atoms with Crippen molar-refractivity contribution in [3.8, 4) is 11.4 Å². The highest BCUT2D eigenvalue weighted by Gasteiger charge is 2.26. The Labute approximate surface area is 185 Å². The highest BCUT2D eigenvalue weighted by Crippen LogP contribution is 2.23. The van der Waals surface area contributed by atoms with Gasteiger partial charge in [-0.3, -0.25) is 5.10 Å². The standard InChI is InChI=1S/C22H27FN8O/c1-14-12-20(28-26-14)30-10-8-17(9-11-30)24-22(32)25-18-6-7-19-27-29-21(31(19)13-18)15-2-4-16(23)5-3-15/h2-5,12,17-18H,6-11,13H2,1H3,(H,26,28)(H2,24,25,32). The number of nitrogens with zero attached hydrogens (tertiary/aromatic N) is 5. The van der Waals surface area contributed by atoms with Crippen LogP contribution in [0.1, 0.15) is 30.8 Å². The summed E-state index contributed by atoms with van der Waals surface area (Å²) in [6, 6.07) is 8.29. The molecule has 1 atom stereocenters. The molecule has 1 saturated heterocycles. The van der Waals surface area contributed by atoms with Gasteiger partial charge in [-0.15, -0.1) is 10.2 Å². The van der Waals surface area contributed by atoms with E-state index >= 15 is 0 Å². The summed E-state index contributed by atoms with van der Waals surface area (Å²) in [7, 11) is 0. The van der Waals surface area contributed by atoms with Crippen molar-refractivity contribution in [2.75, 3.05) is 18.0 Å². The number of amides is 2. The number of urea groups is 1. The molecule has 3 aromatic rings. The first kappa shape index (κ1) is 20.5. The number of aryl methyl sites for hydroxylation is 2. The molecule has 2 amide bonds. The predicted molar refractivity (Wildman–Crippen MR) is 118 cm³/mol. The fraction of sp³-hybridized carbons (Fsp3) is 0.455. The molecule has 1 aromatic carbocycles. The summed E-state index contributed by atoms with van der Waals surface area (Å²) in [4.78, 5) is 14.9. The van der Waals surface area contributed by atoms with Gasteiger partial charge in [0.15, 0.2) is 11.6 Å². The van der Waals surface area contributed by atoms with Gasteiger partial charge in [-0.2, -0.15) is 5.10 Å². The number of anilines is 1. The Morgan fingerprint density at radius 2 is 1.84 bits per heavy atom. The lowest BCUT2D eigenvalue weighted by molar-refractivity contribution is 0.226. The van der Waals surface area contributed by atoms with Gasteiger partial charge in [0, 0.05) is 55.5 Å². The lowest BCUT2D eigenvalue weighted by Crippen LogP contribution is -2.51. The van der Waals surface area contributed by atoms with Crippen LogP contribution in [0.25, 0.3) is 11.4 Å². The normalized spacial score (nSPS) is 18.9. The predicted octanol–water partition coefficient (Wildman–Crippen LogP) is 2.40. The zero-order chi connectivity index (χ0) is 22.1. The molecule has 32 heavy (non-hydrogen) atoms. The van der Waals surface area contributed by atoms with Crippen LogP contribution < -0.4 is 15.5 Å². The second-order valence-electron chi connectivity index (χ2n) is 8.58. The molecule has 1 fully saturated rings. The number of H-pyrrole nitrogens is 1. The first-order chi connectivity index (χ1) is 15.5. The van der Waals surface area contributed by atoms with Gasteiger partial charge in [-0.05, 0) is 50.5 Å². The number of piperidine rings is 1. The average molecular weight is 439 g/mol. The number of hydrogen-bond donors (Lipinski definition) is 3. The van der Waals surface area contributed by atoms with Crippen LogP contribution in [0.3, 0.4) is 0 Å². The van der Waals surface area contributed by atoms with Crippen LogP contribution in [-0.2, 0) is 13.0 Å². The van der Waals surface area contributed by atoms with Crippen molar-refractivity contribution < 1.29 is 9.18 Å². The van der Waals surface area contributed by atoms with E-state index in [2.05, 4.69) is 35.9 Å². The molecule has 10 heteroatoms. The molecule has 2 aliphatic heterocycles. The Morgan fingerprint density at radius 3 is 2.56 bits per heavy atom. The number of carbonyl (C=O) groups excluding carboxylic acids is 1. The minimum atomic E-state index is -0.284. The third-order valence-electron chi connectivity index (χ3n) is 6.23. The molecule has 4 heterocycles. The van der Waals surface area contributed by atoms with Crippen molar-refractivity contribution in [1.82, 2.24) is 35.6 Å².